The van der Waals surface area contributed by atoms with Gasteiger partial charge in [-0.25, -0.2) is 8.42 Å². The van der Waals surface area contributed by atoms with Crippen LogP contribution in [0.3, 0.4) is 0 Å². The topological polar surface area (TPSA) is 105 Å². The Hall–Kier alpha value is -3.18. The van der Waals surface area contributed by atoms with E-state index in [2.05, 4.69) is 5.32 Å². The quantitative estimate of drug-likeness (QED) is 0.283. The molecule has 0 aliphatic rings. The van der Waals surface area contributed by atoms with Crippen molar-refractivity contribution in [1.29, 1.82) is 0 Å². The molecule has 0 saturated carbocycles. The highest BCUT2D eigenvalue weighted by Crippen LogP contribution is 2.33. The number of halogens is 3. The Morgan fingerprint density at radius 3 is 2.12 bits per heavy atom. The molecule has 3 aromatic carbocycles. The number of methoxy groups -OCH3 is 2. The number of ether oxygens (including phenoxy) is 2. The van der Waals surface area contributed by atoms with Gasteiger partial charge in [-0.2, -0.15) is 0 Å². The number of carbonyl (C=O) groups excluding carboxylic acids is 2. The summed E-state index contributed by atoms with van der Waals surface area (Å²) in [5.74, 6) is -0.525. The molecule has 2 amide bonds. The first-order chi connectivity index (χ1) is 19.4. The molecule has 0 aliphatic carbocycles. The molecule has 0 heterocycles. The summed E-state index contributed by atoms with van der Waals surface area (Å²) in [6.45, 7) is 2.95. The molecule has 0 spiro atoms. The van der Waals surface area contributed by atoms with Crippen LogP contribution in [0.15, 0.2) is 65.6 Å². The van der Waals surface area contributed by atoms with Crippen LogP contribution in [0.5, 0.6) is 11.5 Å². The van der Waals surface area contributed by atoms with E-state index in [1.807, 2.05) is 0 Å². The molecule has 220 valence electrons. The first-order valence-electron chi connectivity index (χ1n) is 12.4. The lowest BCUT2D eigenvalue weighted by Gasteiger charge is -2.32. The molecule has 0 aromatic heterocycles. The van der Waals surface area contributed by atoms with Crippen LogP contribution in [-0.4, -0.2) is 58.5 Å². The molecular weight excluding hydrogens is 613 g/mol. The van der Waals surface area contributed by atoms with Gasteiger partial charge in [-0.05, 0) is 67.9 Å². The molecule has 1 unspecified atom stereocenters. The van der Waals surface area contributed by atoms with Crippen LogP contribution >= 0.6 is 34.8 Å². The van der Waals surface area contributed by atoms with Gasteiger partial charge >= 0.3 is 0 Å². The van der Waals surface area contributed by atoms with Crippen molar-refractivity contribution in [2.45, 2.75) is 31.3 Å². The normalized spacial score (nSPS) is 11.9. The average molecular weight is 643 g/mol. The van der Waals surface area contributed by atoms with Crippen LogP contribution < -0.4 is 19.1 Å². The molecular formula is C28H30Cl3N3O6S. The second-order valence-corrected chi connectivity index (χ2v) is 12.0. The zero-order valence-electron chi connectivity index (χ0n) is 22.9. The van der Waals surface area contributed by atoms with Crippen LogP contribution in [0.1, 0.15) is 19.4 Å². The van der Waals surface area contributed by atoms with Gasteiger partial charge in [-0.1, -0.05) is 40.9 Å². The zero-order chi connectivity index (χ0) is 30.3. The number of rotatable bonds is 12. The third-order valence-electron chi connectivity index (χ3n) is 6.21. The van der Waals surface area contributed by atoms with Crippen LogP contribution in [0.25, 0.3) is 0 Å². The number of benzene rings is 3. The molecule has 0 fully saturated rings. The van der Waals surface area contributed by atoms with E-state index in [-0.39, 0.29) is 22.9 Å². The second kappa shape index (κ2) is 14.1. The summed E-state index contributed by atoms with van der Waals surface area (Å²) in [4.78, 5) is 27.9. The number of likely N-dealkylation sites (N-methyl/N-ethyl adjacent to an activating group) is 1. The van der Waals surface area contributed by atoms with Gasteiger partial charge in [-0.3, -0.25) is 13.9 Å². The van der Waals surface area contributed by atoms with Crippen molar-refractivity contribution in [3.8, 4) is 11.5 Å². The lowest BCUT2D eigenvalue weighted by Crippen LogP contribution is -2.51. The Balaban J connectivity index is 2.08. The minimum atomic E-state index is -4.33. The lowest BCUT2D eigenvalue weighted by atomic mass is 10.1. The summed E-state index contributed by atoms with van der Waals surface area (Å²) in [5, 5.41) is 3.79. The van der Waals surface area contributed by atoms with Crippen molar-refractivity contribution in [2.24, 2.45) is 0 Å². The van der Waals surface area contributed by atoms with Crippen molar-refractivity contribution >= 4 is 62.3 Å². The molecule has 0 radical (unpaired) electrons. The molecule has 9 nitrogen and oxygen atoms in total. The van der Waals surface area contributed by atoms with Crippen LogP contribution in [0.2, 0.25) is 15.1 Å². The number of anilines is 1. The van der Waals surface area contributed by atoms with Gasteiger partial charge in [0.2, 0.25) is 11.8 Å². The third kappa shape index (κ3) is 7.77. The van der Waals surface area contributed by atoms with E-state index < -0.39 is 34.4 Å². The second-order valence-electron chi connectivity index (χ2n) is 8.83. The number of carbonyl (C=O) groups is 2. The predicted octanol–water partition coefficient (Wildman–Crippen LogP) is 5.41. The smallest absolute Gasteiger partial charge is 0.264 e. The van der Waals surface area contributed by atoms with E-state index in [1.54, 1.807) is 26.0 Å². The molecule has 3 aromatic rings. The Labute approximate surface area is 254 Å². The minimum absolute atomic E-state index is 0.0714. The van der Waals surface area contributed by atoms with Crippen molar-refractivity contribution in [1.82, 2.24) is 10.2 Å². The molecule has 0 aliphatic heterocycles. The van der Waals surface area contributed by atoms with Gasteiger partial charge in [-0.15, -0.1) is 0 Å². The van der Waals surface area contributed by atoms with E-state index in [9.17, 15) is 18.0 Å². The number of hydrogen-bond donors (Lipinski definition) is 1. The number of hydrogen-bond acceptors (Lipinski definition) is 6. The SMILES string of the molecule is CCNC(=O)C(C)N(Cc1ccc(Cl)cc1Cl)C(=O)CN(c1ccc(Cl)cc1)S(=O)(=O)c1ccc(OC)c(OC)c1. The van der Waals surface area contributed by atoms with Crippen molar-refractivity contribution < 1.29 is 27.5 Å². The summed E-state index contributed by atoms with van der Waals surface area (Å²) in [7, 11) is -1.51. The van der Waals surface area contributed by atoms with Gasteiger partial charge in [0, 0.05) is 34.2 Å². The average Bonchev–Trinajstić information content (AvgIpc) is 2.95. The maximum atomic E-state index is 14.0. The molecule has 0 bridgehead atoms. The first-order valence-corrected chi connectivity index (χ1v) is 15.0. The monoisotopic (exact) mass is 641 g/mol. The summed E-state index contributed by atoms with van der Waals surface area (Å²) in [6, 6.07) is 14.0. The maximum Gasteiger partial charge on any atom is 0.264 e. The largest absolute Gasteiger partial charge is 0.493 e. The Kier molecular flexibility index (Phi) is 11.1. The van der Waals surface area contributed by atoms with Gasteiger partial charge in [0.15, 0.2) is 11.5 Å². The van der Waals surface area contributed by atoms with Gasteiger partial charge in [0.25, 0.3) is 10.0 Å². The maximum absolute atomic E-state index is 14.0. The van der Waals surface area contributed by atoms with Gasteiger partial charge in [0.1, 0.15) is 12.6 Å². The fourth-order valence-electron chi connectivity index (χ4n) is 3.98. The van der Waals surface area contributed by atoms with Crippen molar-refractivity contribution in [3.05, 3.63) is 81.3 Å². The van der Waals surface area contributed by atoms with Gasteiger partial charge < -0.3 is 19.7 Å². The summed E-state index contributed by atoms with van der Waals surface area (Å²) in [5.41, 5.74) is 0.717. The number of nitrogens with one attached hydrogen (secondary N) is 1. The highest BCUT2D eigenvalue weighted by atomic mass is 35.5. The fraction of sp³-hybridized carbons (Fsp3) is 0.286. The molecule has 0 saturated heterocycles. The van der Waals surface area contributed by atoms with Crippen LogP contribution in [0.4, 0.5) is 5.69 Å². The van der Waals surface area contributed by atoms with E-state index >= 15 is 0 Å². The van der Waals surface area contributed by atoms with E-state index in [4.69, 9.17) is 44.3 Å². The Morgan fingerprint density at radius 1 is 0.902 bits per heavy atom. The summed E-state index contributed by atoms with van der Waals surface area (Å²) >= 11 is 18.5. The molecule has 13 heteroatoms. The van der Waals surface area contributed by atoms with E-state index in [0.717, 1.165) is 4.31 Å². The summed E-state index contributed by atoms with van der Waals surface area (Å²) < 4.78 is 39.5. The number of sulfonamides is 1. The summed E-state index contributed by atoms with van der Waals surface area (Å²) in [6.07, 6.45) is 0. The Morgan fingerprint density at radius 2 is 1.54 bits per heavy atom. The molecule has 1 N–H and O–H groups in total. The molecule has 1 atom stereocenters. The standard InChI is InChI=1S/C28H30Cl3N3O6S/c1-5-32-28(36)18(2)33(16-19-6-7-21(30)14-24(19)31)27(35)17-34(22-10-8-20(29)9-11-22)41(37,38)23-12-13-25(39-3)26(15-23)40-4/h6-15,18H,5,16-17H2,1-4H3,(H,32,36). The fourth-order valence-corrected chi connectivity index (χ4v) is 6.00. The van der Waals surface area contributed by atoms with E-state index in [0.29, 0.717) is 32.9 Å². The number of amides is 2. The Bertz CT molecular complexity index is 1500. The van der Waals surface area contributed by atoms with E-state index in [1.165, 1.54) is 67.7 Å². The van der Waals surface area contributed by atoms with Crippen LogP contribution in [-0.2, 0) is 26.2 Å². The lowest BCUT2D eigenvalue weighted by molar-refractivity contribution is -0.139. The zero-order valence-corrected chi connectivity index (χ0v) is 25.9. The predicted molar refractivity (Wildman–Crippen MR) is 161 cm³/mol. The number of nitrogens with zero attached hydrogens (tertiary/aromatic N) is 2. The van der Waals surface area contributed by atoms with Gasteiger partial charge in [0.05, 0.1) is 24.8 Å². The third-order valence-corrected chi connectivity index (χ3v) is 8.82. The van der Waals surface area contributed by atoms with Crippen molar-refractivity contribution in [2.75, 3.05) is 31.6 Å². The molecule has 41 heavy (non-hydrogen) atoms. The highest BCUT2D eigenvalue weighted by Gasteiger charge is 2.33. The minimum Gasteiger partial charge on any atom is -0.493 e. The van der Waals surface area contributed by atoms with Crippen LogP contribution in [0, 0.1) is 0 Å². The van der Waals surface area contributed by atoms with Crippen molar-refractivity contribution in [3.63, 3.8) is 0 Å². The molecule has 3 rings (SSSR count). The highest BCUT2D eigenvalue weighted by molar-refractivity contribution is 7.92. The first kappa shape index (κ1) is 32.3.